The molecule has 80 valence electrons. The van der Waals surface area contributed by atoms with Crippen molar-refractivity contribution in [1.82, 2.24) is 10.2 Å². The van der Waals surface area contributed by atoms with Crippen LogP contribution in [-0.2, 0) is 9.53 Å². The summed E-state index contributed by atoms with van der Waals surface area (Å²) in [4.78, 5) is 14.1. The molecule has 0 aromatic heterocycles. The Labute approximate surface area is 84.6 Å². The van der Waals surface area contributed by atoms with E-state index < -0.39 is 5.54 Å². The molecule has 2 unspecified atom stereocenters. The van der Waals surface area contributed by atoms with E-state index in [0.29, 0.717) is 6.04 Å². The van der Waals surface area contributed by atoms with Gasteiger partial charge in [-0.3, -0.25) is 4.79 Å². The van der Waals surface area contributed by atoms with E-state index in [4.69, 9.17) is 4.74 Å². The highest BCUT2D eigenvalue weighted by atomic mass is 16.5. The summed E-state index contributed by atoms with van der Waals surface area (Å²) in [5.41, 5.74) is -0.454. The second kappa shape index (κ2) is 3.21. The van der Waals surface area contributed by atoms with Gasteiger partial charge in [-0.2, -0.15) is 0 Å². The second-order valence-electron chi connectivity index (χ2n) is 4.68. The molecule has 2 aliphatic rings. The fraction of sp³-hybridized carbons (Fsp3) is 0.900. The quantitative estimate of drug-likeness (QED) is 0.678. The van der Waals surface area contributed by atoms with E-state index in [1.165, 1.54) is 0 Å². The summed E-state index contributed by atoms with van der Waals surface area (Å²) >= 11 is 0. The molecule has 14 heavy (non-hydrogen) atoms. The third kappa shape index (κ3) is 1.42. The largest absolute Gasteiger partial charge is 0.374 e. The normalized spacial score (nSPS) is 31.2. The van der Waals surface area contributed by atoms with Crippen LogP contribution in [0.5, 0.6) is 0 Å². The van der Waals surface area contributed by atoms with Gasteiger partial charge in [0.15, 0.2) is 0 Å². The summed E-state index contributed by atoms with van der Waals surface area (Å²) in [5, 5.41) is 3.05. The van der Waals surface area contributed by atoms with Crippen molar-refractivity contribution in [3.8, 4) is 0 Å². The minimum atomic E-state index is -0.454. The van der Waals surface area contributed by atoms with Crippen LogP contribution in [0.2, 0.25) is 0 Å². The van der Waals surface area contributed by atoms with Crippen molar-refractivity contribution >= 4 is 5.91 Å². The van der Waals surface area contributed by atoms with Crippen LogP contribution in [0.4, 0.5) is 0 Å². The minimum Gasteiger partial charge on any atom is -0.374 e. The standard InChI is InChI=1S/C10H18N2O2/c1-10(2,11-3)9(13)12-5-8-4-7(12)6-14-8/h7-8,11H,4-6H2,1-3H3. The van der Waals surface area contributed by atoms with Gasteiger partial charge in [-0.05, 0) is 27.3 Å². The predicted octanol–water partition coefficient (Wildman–Crippen LogP) is -0.0159. The zero-order valence-electron chi connectivity index (χ0n) is 9.04. The van der Waals surface area contributed by atoms with Crippen LogP contribution in [-0.4, -0.2) is 48.7 Å². The van der Waals surface area contributed by atoms with E-state index in [1.807, 2.05) is 25.8 Å². The molecule has 0 aliphatic carbocycles. The number of likely N-dealkylation sites (N-methyl/N-ethyl adjacent to an activating group) is 1. The van der Waals surface area contributed by atoms with Crippen molar-refractivity contribution in [3.05, 3.63) is 0 Å². The molecule has 2 rings (SSSR count). The van der Waals surface area contributed by atoms with Crippen LogP contribution >= 0.6 is 0 Å². The number of hydrogen-bond acceptors (Lipinski definition) is 3. The Morgan fingerprint density at radius 1 is 1.57 bits per heavy atom. The first-order chi connectivity index (χ1) is 6.54. The van der Waals surface area contributed by atoms with Crippen LogP contribution in [0, 0.1) is 0 Å². The van der Waals surface area contributed by atoms with Crippen molar-refractivity contribution in [3.63, 3.8) is 0 Å². The molecule has 4 heteroatoms. The number of morpholine rings is 1. The second-order valence-corrected chi connectivity index (χ2v) is 4.68. The van der Waals surface area contributed by atoms with Crippen molar-refractivity contribution in [2.75, 3.05) is 20.2 Å². The lowest BCUT2D eigenvalue weighted by Gasteiger charge is -2.34. The highest BCUT2D eigenvalue weighted by molar-refractivity contribution is 5.86. The average Bonchev–Trinajstić information content (AvgIpc) is 2.77. The highest BCUT2D eigenvalue weighted by Gasteiger charge is 2.44. The number of nitrogens with zero attached hydrogens (tertiary/aromatic N) is 1. The third-order valence-electron chi connectivity index (χ3n) is 3.32. The Morgan fingerprint density at radius 2 is 2.29 bits per heavy atom. The first kappa shape index (κ1) is 9.93. The Bertz CT molecular complexity index is 253. The Morgan fingerprint density at radius 3 is 2.71 bits per heavy atom. The SMILES string of the molecule is CNC(C)(C)C(=O)N1CC2CC1CO2. The third-order valence-corrected chi connectivity index (χ3v) is 3.32. The van der Waals surface area contributed by atoms with Gasteiger partial charge in [0.1, 0.15) is 0 Å². The number of rotatable bonds is 2. The number of likely N-dealkylation sites (tertiary alicyclic amines) is 1. The zero-order valence-corrected chi connectivity index (χ0v) is 9.04. The lowest BCUT2D eigenvalue weighted by Crippen LogP contribution is -2.55. The molecule has 0 radical (unpaired) electrons. The van der Waals surface area contributed by atoms with Gasteiger partial charge in [-0.25, -0.2) is 0 Å². The summed E-state index contributed by atoms with van der Waals surface area (Å²) in [6, 6.07) is 0.320. The van der Waals surface area contributed by atoms with E-state index in [1.54, 1.807) is 0 Å². The number of nitrogens with one attached hydrogen (secondary N) is 1. The van der Waals surface area contributed by atoms with E-state index in [-0.39, 0.29) is 12.0 Å². The number of carbonyl (C=O) groups is 1. The molecule has 2 fully saturated rings. The molecule has 0 aromatic rings. The summed E-state index contributed by atoms with van der Waals surface area (Å²) in [6.45, 7) is 5.33. The molecule has 4 nitrogen and oxygen atoms in total. The van der Waals surface area contributed by atoms with E-state index in [9.17, 15) is 4.79 Å². The van der Waals surface area contributed by atoms with Gasteiger partial charge in [0, 0.05) is 6.54 Å². The van der Waals surface area contributed by atoms with Crippen LogP contribution in [0.3, 0.4) is 0 Å². The lowest BCUT2D eigenvalue weighted by molar-refractivity contribution is -0.141. The Balaban J connectivity index is 2.06. The maximum Gasteiger partial charge on any atom is 0.242 e. The van der Waals surface area contributed by atoms with E-state index in [2.05, 4.69) is 5.32 Å². The summed E-state index contributed by atoms with van der Waals surface area (Å²) < 4.78 is 5.46. The molecule has 0 spiro atoms. The van der Waals surface area contributed by atoms with Gasteiger partial charge < -0.3 is 15.0 Å². The fourth-order valence-electron chi connectivity index (χ4n) is 2.11. The molecular weight excluding hydrogens is 180 g/mol. The first-order valence-electron chi connectivity index (χ1n) is 5.16. The number of fused-ring (bicyclic) bond motifs is 2. The zero-order chi connectivity index (χ0) is 10.3. The van der Waals surface area contributed by atoms with Gasteiger partial charge in [-0.1, -0.05) is 0 Å². The maximum absolute atomic E-state index is 12.1. The number of carbonyl (C=O) groups excluding carboxylic acids is 1. The fourth-order valence-corrected chi connectivity index (χ4v) is 2.11. The number of hydrogen-bond donors (Lipinski definition) is 1. The molecule has 2 heterocycles. The minimum absolute atomic E-state index is 0.191. The highest BCUT2D eigenvalue weighted by Crippen LogP contribution is 2.29. The monoisotopic (exact) mass is 198 g/mol. The number of amides is 1. The van der Waals surface area contributed by atoms with E-state index in [0.717, 1.165) is 19.6 Å². The molecule has 0 saturated carbocycles. The molecule has 2 saturated heterocycles. The molecule has 2 atom stereocenters. The summed E-state index contributed by atoms with van der Waals surface area (Å²) in [5.74, 6) is 0.191. The van der Waals surface area contributed by atoms with Crippen LogP contribution in [0.1, 0.15) is 20.3 Å². The van der Waals surface area contributed by atoms with Crippen molar-refractivity contribution in [2.45, 2.75) is 38.0 Å². The van der Waals surface area contributed by atoms with Crippen molar-refractivity contribution < 1.29 is 9.53 Å². The first-order valence-corrected chi connectivity index (χ1v) is 5.16. The Kier molecular flexibility index (Phi) is 2.27. The molecule has 1 N–H and O–H groups in total. The van der Waals surface area contributed by atoms with Crippen LogP contribution in [0.25, 0.3) is 0 Å². The lowest BCUT2D eigenvalue weighted by atomic mass is 10.0. The van der Waals surface area contributed by atoms with Gasteiger partial charge in [0.2, 0.25) is 5.91 Å². The Hall–Kier alpha value is -0.610. The topological polar surface area (TPSA) is 41.6 Å². The van der Waals surface area contributed by atoms with Gasteiger partial charge in [-0.15, -0.1) is 0 Å². The van der Waals surface area contributed by atoms with Crippen molar-refractivity contribution in [2.24, 2.45) is 0 Å². The average molecular weight is 198 g/mol. The summed E-state index contributed by atoms with van der Waals surface area (Å²) in [6.07, 6.45) is 1.31. The van der Waals surface area contributed by atoms with Gasteiger partial charge >= 0.3 is 0 Å². The molecular formula is C10H18N2O2. The predicted molar refractivity (Wildman–Crippen MR) is 53.0 cm³/mol. The maximum atomic E-state index is 12.1. The van der Waals surface area contributed by atoms with Crippen LogP contribution < -0.4 is 5.32 Å². The number of ether oxygens (including phenoxy) is 1. The smallest absolute Gasteiger partial charge is 0.242 e. The molecule has 1 amide bonds. The van der Waals surface area contributed by atoms with E-state index >= 15 is 0 Å². The molecule has 0 aromatic carbocycles. The molecule has 2 aliphatic heterocycles. The van der Waals surface area contributed by atoms with Gasteiger partial charge in [0.25, 0.3) is 0 Å². The van der Waals surface area contributed by atoms with Gasteiger partial charge in [0.05, 0.1) is 24.3 Å². The van der Waals surface area contributed by atoms with Crippen molar-refractivity contribution in [1.29, 1.82) is 0 Å². The summed E-state index contributed by atoms with van der Waals surface area (Å²) in [7, 11) is 1.82. The molecule has 2 bridgehead atoms. The van der Waals surface area contributed by atoms with Crippen LogP contribution in [0.15, 0.2) is 0 Å².